The van der Waals surface area contributed by atoms with Gasteiger partial charge in [0.15, 0.2) is 5.25 Å². The van der Waals surface area contributed by atoms with E-state index in [1.807, 2.05) is 0 Å². The van der Waals surface area contributed by atoms with Crippen LogP contribution in [0.2, 0.25) is 0 Å². The van der Waals surface area contributed by atoms with Crippen LogP contribution in [0.5, 0.6) is 0 Å². The molecule has 4 aliphatic rings. The van der Waals surface area contributed by atoms with Crippen molar-refractivity contribution in [3.63, 3.8) is 0 Å². The molecule has 1 heterocycles. The van der Waals surface area contributed by atoms with Crippen molar-refractivity contribution in [2.45, 2.75) is 49.2 Å². The molecule has 10 heteroatoms. The van der Waals surface area contributed by atoms with E-state index in [0.29, 0.717) is 31.2 Å². The number of carbonyl (C=O) groups is 1. The van der Waals surface area contributed by atoms with E-state index in [1.165, 1.54) is 6.20 Å². The number of aromatic nitrogens is 2. The summed E-state index contributed by atoms with van der Waals surface area (Å²) < 4.78 is 33.4. The fourth-order valence-corrected chi connectivity index (χ4v) is 7.63. The lowest BCUT2D eigenvalue weighted by molar-refractivity contribution is -0.146. The van der Waals surface area contributed by atoms with Crippen LogP contribution in [-0.4, -0.2) is 39.3 Å². The van der Waals surface area contributed by atoms with Gasteiger partial charge >= 0.3 is 11.7 Å². The van der Waals surface area contributed by atoms with E-state index in [1.54, 1.807) is 0 Å². The van der Waals surface area contributed by atoms with Crippen LogP contribution in [0.25, 0.3) is 0 Å². The monoisotopic (exact) mass is 384 g/mol. The summed E-state index contributed by atoms with van der Waals surface area (Å²) in [6.07, 6.45) is 4.54. The number of nitrogens with one attached hydrogen (secondary N) is 2. The van der Waals surface area contributed by atoms with E-state index in [-0.39, 0.29) is 18.3 Å². The number of hydrogen-bond acceptors (Lipinski definition) is 5. The van der Waals surface area contributed by atoms with Crippen LogP contribution in [0.15, 0.2) is 15.8 Å². The predicted octanol–water partition coefficient (Wildman–Crippen LogP) is 0.242. The number of carboxylic acids is 1. The Morgan fingerprint density at radius 3 is 2.31 bits per heavy atom. The molecule has 0 amide bonds. The fourth-order valence-electron chi connectivity index (χ4n) is 6.46. The van der Waals surface area contributed by atoms with Gasteiger partial charge in [-0.25, -0.2) is 4.79 Å². The van der Waals surface area contributed by atoms with Gasteiger partial charge in [0.2, 0.25) is 0 Å². The van der Waals surface area contributed by atoms with Crippen molar-refractivity contribution < 1.29 is 22.9 Å². The van der Waals surface area contributed by atoms with Gasteiger partial charge in [-0.05, 0) is 50.4 Å². The van der Waals surface area contributed by atoms with Crippen molar-refractivity contribution in [1.82, 2.24) is 9.97 Å². The molecule has 4 aliphatic carbocycles. The maximum Gasteiger partial charge on any atom is 0.325 e. The number of rotatable bonds is 4. The van der Waals surface area contributed by atoms with E-state index in [0.717, 1.165) is 6.42 Å². The highest BCUT2D eigenvalue weighted by molar-refractivity contribution is 7.87. The molecule has 9 nitrogen and oxygen atoms in total. The Morgan fingerprint density at radius 2 is 1.81 bits per heavy atom. The van der Waals surface area contributed by atoms with E-state index in [4.69, 9.17) is 0 Å². The highest BCUT2D eigenvalue weighted by Gasteiger charge is 2.65. The molecular weight excluding hydrogens is 364 g/mol. The summed E-state index contributed by atoms with van der Waals surface area (Å²) in [4.78, 5) is 40.2. The summed E-state index contributed by atoms with van der Waals surface area (Å²) >= 11 is 0. The minimum atomic E-state index is -4.80. The molecule has 4 fully saturated rings. The predicted molar refractivity (Wildman–Crippen MR) is 89.4 cm³/mol. The van der Waals surface area contributed by atoms with Crippen molar-refractivity contribution in [2.75, 3.05) is 0 Å². The molecule has 0 saturated heterocycles. The molecule has 4 N–H and O–H groups in total. The van der Waals surface area contributed by atoms with E-state index in [2.05, 4.69) is 9.97 Å². The molecule has 0 aromatic carbocycles. The first-order chi connectivity index (χ1) is 12.0. The first kappa shape index (κ1) is 17.5. The summed E-state index contributed by atoms with van der Waals surface area (Å²) in [7, 11) is -4.80. The van der Waals surface area contributed by atoms with Crippen LogP contribution >= 0.6 is 0 Å². The van der Waals surface area contributed by atoms with E-state index >= 15 is 0 Å². The highest BCUT2D eigenvalue weighted by Crippen LogP contribution is 2.67. The average molecular weight is 384 g/mol. The molecule has 0 aliphatic heterocycles. The van der Waals surface area contributed by atoms with Gasteiger partial charge in [-0.15, -0.1) is 0 Å². The standard InChI is InChI=1S/C16H20N2O7S/c19-12-10(6-17-14(22)18-12)15-2-8-1-9(3-15)5-16(4-8,7-15)11(13(20)21)26(23,24)25/h6,8-9,11H,1-5,7H2,(H,20,21)(H,23,24,25)(H2,17,18,19,22)/t8-,9+,11?,15?,16?. The van der Waals surface area contributed by atoms with Crippen molar-refractivity contribution >= 4 is 16.1 Å². The van der Waals surface area contributed by atoms with Gasteiger partial charge in [-0.1, -0.05) is 0 Å². The Hall–Kier alpha value is -1.94. The van der Waals surface area contributed by atoms with Gasteiger partial charge in [-0.3, -0.25) is 19.1 Å². The quantitative estimate of drug-likeness (QED) is 0.541. The van der Waals surface area contributed by atoms with Gasteiger partial charge in [0.05, 0.1) is 0 Å². The third kappa shape index (κ3) is 2.46. The summed E-state index contributed by atoms with van der Waals surface area (Å²) in [6.45, 7) is 0. The largest absolute Gasteiger partial charge is 0.480 e. The van der Waals surface area contributed by atoms with Gasteiger partial charge < -0.3 is 10.1 Å². The van der Waals surface area contributed by atoms with Gasteiger partial charge in [0.25, 0.3) is 15.7 Å². The minimum absolute atomic E-state index is 0.0891. The van der Waals surface area contributed by atoms with Crippen molar-refractivity contribution in [2.24, 2.45) is 17.3 Å². The lowest BCUT2D eigenvalue weighted by Gasteiger charge is -2.62. The van der Waals surface area contributed by atoms with Gasteiger partial charge in [-0.2, -0.15) is 8.42 Å². The van der Waals surface area contributed by atoms with Crippen LogP contribution < -0.4 is 11.2 Å². The number of aliphatic carboxylic acids is 1. The molecule has 1 aromatic rings. The second-order valence-corrected chi connectivity index (χ2v) is 9.82. The molecular formula is C16H20N2O7S. The Labute approximate surface area is 148 Å². The highest BCUT2D eigenvalue weighted by atomic mass is 32.2. The van der Waals surface area contributed by atoms with Crippen LogP contribution in [0.4, 0.5) is 0 Å². The fraction of sp³-hybridized carbons (Fsp3) is 0.688. The SMILES string of the molecule is O=C(O)C(C12C[C@@H]3C[C@@H](CC(c4c[nH]c(=O)[nH]c4=O)(C3)C1)C2)S(=O)(=O)O. The number of H-pyrrole nitrogens is 2. The summed E-state index contributed by atoms with van der Waals surface area (Å²) in [5.41, 5.74) is -2.56. The molecule has 1 aromatic heterocycles. The number of hydrogen-bond donors (Lipinski definition) is 4. The molecule has 4 bridgehead atoms. The summed E-state index contributed by atoms with van der Waals surface area (Å²) in [6, 6.07) is 0. The molecule has 0 radical (unpaired) electrons. The number of carboxylic acid groups (broad SMARTS) is 1. The van der Waals surface area contributed by atoms with Crippen molar-refractivity contribution in [3.8, 4) is 0 Å². The Morgan fingerprint density at radius 1 is 1.19 bits per heavy atom. The zero-order chi connectivity index (χ0) is 18.9. The zero-order valence-electron chi connectivity index (χ0n) is 13.9. The first-order valence-electron chi connectivity index (χ1n) is 8.56. The average Bonchev–Trinajstić information content (AvgIpc) is 2.42. The molecule has 142 valence electrons. The lowest BCUT2D eigenvalue weighted by Crippen LogP contribution is -2.61. The van der Waals surface area contributed by atoms with Crippen molar-refractivity contribution in [1.29, 1.82) is 0 Å². The van der Waals surface area contributed by atoms with Crippen LogP contribution in [0, 0.1) is 17.3 Å². The normalized spacial score (nSPS) is 36.8. The second kappa shape index (κ2) is 5.29. The Bertz CT molecular complexity index is 978. The van der Waals surface area contributed by atoms with Gasteiger partial charge in [0, 0.05) is 22.6 Å². The van der Waals surface area contributed by atoms with Crippen molar-refractivity contribution in [3.05, 3.63) is 32.6 Å². The summed E-state index contributed by atoms with van der Waals surface area (Å²) in [5, 5.41) is 7.66. The second-order valence-electron chi connectivity index (χ2n) is 8.32. The third-order valence-corrected chi connectivity index (χ3v) is 7.87. The molecule has 5 atom stereocenters. The Kier molecular flexibility index (Phi) is 3.55. The number of aromatic amines is 2. The van der Waals surface area contributed by atoms with Crippen LogP contribution in [0.3, 0.4) is 0 Å². The smallest absolute Gasteiger partial charge is 0.325 e. The van der Waals surface area contributed by atoms with Gasteiger partial charge in [0.1, 0.15) is 0 Å². The summed E-state index contributed by atoms with van der Waals surface area (Å²) in [5.74, 6) is -1.38. The minimum Gasteiger partial charge on any atom is -0.480 e. The molecule has 0 spiro atoms. The maximum atomic E-state index is 12.4. The molecule has 26 heavy (non-hydrogen) atoms. The first-order valence-corrected chi connectivity index (χ1v) is 10.1. The van der Waals surface area contributed by atoms with E-state index < -0.39 is 43.4 Å². The van der Waals surface area contributed by atoms with Crippen LogP contribution in [0.1, 0.15) is 44.1 Å². The molecule has 5 rings (SSSR count). The molecule has 4 saturated carbocycles. The lowest BCUT2D eigenvalue weighted by atomic mass is 9.42. The topological polar surface area (TPSA) is 157 Å². The third-order valence-electron chi connectivity index (χ3n) is 6.58. The Balaban J connectivity index is 1.87. The van der Waals surface area contributed by atoms with E-state index in [9.17, 15) is 32.5 Å². The zero-order valence-corrected chi connectivity index (χ0v) is 14.7. The maximum absolute atomic E-state index is 12.4. The molecule has 3 unspecified atom stereocenters. The van der Waals surface area contributed by atoms with Crippen LogP contribution in [-0.2, 0) is 20.3 Å².